The fraction of sp³-hybridized carbons (Fsp3) is 0.125. The van der Waals surface area contributed by atoms with E-state index in [1.165, 1.54) is 23.9 Å². The van der Waals surface area contributed by atoms with Gasteiger partial charge in [0.2, 0.25) is 5.91 Å². The van der Waals surface area contributed by atoms with Gasteiger partial charge in [-0.25, -0.2) is 0 Å². The summed E-state index contributed by atoms with van der Waals surface area (Å²) in [5.41, 5.74) is 4.59. The summed E-state index contributed by atoms with van der Waals surface area (Å²) in [6.07, 6.45) is 2.77. The van der Waals surface area contributed by atoms with Crippen molar-refractivity contribution in [1.82, 2.24) is 10.9 Å². The zero-order valence-corrected chi connectivity index (χ0v) is 15.0. The number of benzene rings is 1. The third kappa shape index (κ3) is 5.96. The molecule has 0 fully saturated rings. The molecule has 0 atom stereocenters. The Hall–Kier alpha value is -1.89. The summed E-state index contributed by atoms with van der Waals surface area (Å²) in [7, 11) is 0. The maximum absolute atomic E-state index is 11.7. The number of hydrogen-bond acceptors (Lipinski definition) is 4. The number of furan rings is 1. The fourth-order valence-electron chi connectivity index (χ4n) is 1.64. The van der Waals surface area contributed by atoms with Crippen LogP contribution in [0.15, 0.2) is 45.7 Å². The number of rotatable bonds is 5. The summed E-state index contributed by atoms with van der Waals surface area (Å²) < 4.78 is 5.29. The summed E-state index contributed by atoms with van der Waals surface area (Å²) in [5, 5.41) is 1.05. The van der Waals surface area contributed by atoms with Gasteiger partial charge in [-0.15, -0.1) is 11.8 Å². The largest absolute Gasteiger partial charge is 0.462 e. The first-order valence-electron chi connectivity index (χ1n) is 6.85. The molecular weight excluding hydrogens is 371 g/mol. The molecule has 0 aliphatic rings. The van der Waals surface area contributed by atoms with E-state index >= 15 is 0 Å². The molecule has 0 aliphatic heterocycles. The second-order valence-electron chi connectivity index (χ2n) is 4.68. The maximum Gasteiger partial charge on any atom is 0.262 e. The number of hydrazine groups is 1. The number of nitrogens with one attached hydrogen (secondary N) is 2. The molecule has 0 saturated carbocycles. The molecule has 2 N–H and O–H groups in total. The van der Waals surface area contributed by atoms with Gasteiger partial charge in [0.25, 0.3) is 5.91 Å². The Balaban J connectivity index is 1.75. The smallest absolute Gasteiger partial charge is 0.262 e. The molecule has 2 aromatic rings. The Morgan fingerprint density at radius 1 is 1.21 bits per heavy atom. The van der Waals surface area contributed by atoms with Gasteiger partial charge in [-0.05, 0) is 43.3 Å². The molecule has 0 bridgehead atoms. The molecule has 0 unspecified atom stereocenters. The van der Waals surface area contributed by atoms with Gasteiger partial charge in [-0.2, -0.15) is 0 Å². The Labute approximate surface area is 153 Å². The van der Waals surface area contributed by atoms with Crippen LogP contribution >= 0.6 is 35.0 Å². The summed E-state index contributed by atoms with van der Waals surface area (Å²) >= 11 is 13.1. The van der Waals surface area contributed by atoms with E-state index < -0.39 is 5.91 Å². The highest BCUT2D eigenvalue weighted by Crippen LogP contribution is 2.29. The Bertz CT molecular complexity index is 774. The van der Waals surface area contributed by atoms with E-state index in [2.05, 4.69) is 10.9 Å². The van der Waals surface area contributed by atoms with Crippen LogP contribution in [0.2, 0.25) is 10.0 Å². The summed E-state index contributed by atoms with van der Waals surface area (Å²) in [6, 6.07) is 8.53. The number of thioether (sulfide) groups is 1. The number of carbonyl (C=O) groups is 2. The minimum atomic E-state index is -0.469. The molecule has 5 nitrogen and oxygen atoms in total. The second kappa shape index (κ2) is 8.82. The topological polar surface area (TPSA) is 71.3 Å². The standard InChI is InChI=1S/C16H14Cl2N2O3S/c1-10-2-4-12(23-10)5-7-15(21)19-20-16(22)9-24-14-8-11(17)3-6-13(14)18/h2-8H,9H2,1H3,(H,19,21)(H,20,22)/b7-5+. The Kier molecular flexibility index (Phi) is 6.78. The average molecular weight is 385 g/mol. The zero-order chi connectivity index (χ0) is 17.5. The van der Waals surface area contributed by atoms with Crippen LogP contribution in [0.4, 0.5) is 0 Å². The van der Waals surface area contributed by atoms with E-state index in [0.717, 1.165) is 5.76 Å². The molecule has 0 saturated heterocycles. The summed E-state index contributed by atoms with van der Waals surface area (Å²) in [5.74, 6) is 0.552. The van der Waals surface area contributed by atoms with E-state index in [-0.39, 0.29) is 11.7 Å². The maximum atomic E-state index is 11.7. The minimum absolute atomic E-state index is 0.0848. The van der Waals surface area contributed by atoms with Crippen molar-refractivity contribution in [3.8, 4) is 0 Å². The lowest BCUT2D eigenvalue weighted by molar-refractivity contribution is -0.125. The van der Waals surface area contributed by atoms with Crippen LogP contribution in [-0.4, -0.2) is 17.6 Å². The minimum Gasteiger partial charge on any atom is -0.462 e. The van der Waals surface area contributed by atoms with Crippen LogP contribution in [0.1, 0.15) is 11.5 Å². The quantitative estimate of drug-likeness (QED) is 0.466. The second-order valence-corrected chi connectivity index (χ2v) is 6.54. The molecule has 0 spiro atoms. The number of carbonyl (C=O) groups excluding carboxylic acids is 2. The SMILES string of the molecule is Cc1ccc(/C=C/C(=O)NNC(=O)CSc2cc(Cl)ccc2Cl)o1. The van der Waals surface area contributed by atoms with Crippen molar-refractivity contribution in [2.75, 3.05) is 5.75 Å². The first-order valence-corrected chi connectivity index (χ1v) is 8.59. The van der Waals surface area contributed by atoms with Crippen molar-refractivity contribution in [2.45, 2.75) is 11.8 Å². The monoisotopic (exact) mass is 384 g/mol. The van der Waals surface area contributed by atoms with Gasteiger partial charge in [-0.3, -0.25) is 20.4 Å². The van der Waals surface area contributed by atoms with Crippen molar-refractivity contribution in [3.63, 3.8) is 0 Å². The van der Waals surface area contributed by atoms with E-state index in [9.17, 15) is 9.59 Å². The number of amides is 2. The normalized spacial score (nSPS) is 10.8. The van der Waals surface area contributed by atoms with Gasteiger partial charge < -0.3 is 4.42 Å². The molecule has 1 heterocycles. The van der Waals surface area contributed by atoms with Gasteiger partial charge in [0.05, 0.1) is 10.8 Å². The van der Waals surface area contributed by atoms with Crippen molar-refractivity contribution >= 4 is 52.9 Å². The van der Waals surface area contributed by atoms with Gasteiger partial charge in [0.1, 0.15) is 11.5 Å². The highest BCUT2D eigenvalue weighted by atomic mass is 35.5. The number of halogens is 2. The third-order valence-electron chi connectivity index (χ3n) is 2.74. The molecule has 24 heavy (non-hydrogen) atoms. The molecular formula is C16H14Cl2N2O3S. The van der Waals surface area contributed by atoms with Crippen molar-refractivity contribution in [2.24, 2.45) is 0 Å². The Morgan fingerprint density at radius 3 is 2.71 bits per heavy atom. The number of aryl methyl sites for hydroxylation is 1. The van der Waals surface area contributed by atoms with Gasteiger partial charge in [0, 0.05) is 16.0 Å². The molecule has 0 aliphatic carbocycles. The molecule has 0 radical (unpaired) electrons. The Morgan fingerprint density at radius 2 is 2.00 bits per heavy atom. The van der Waals surface area contributed by atoms with E-state index in [4.69, 9.17) is 27.6 Å². The first kappa shape index (κ1) is 18.4. The average Bonchev–Trinajstić information content (AvgIpc) is 2.97. The van der Waals surface area contributed by atoms with E-state index in [0.29, 0.717) is 20.7 Å². The molecule has 1 aromatic carbocycles. The third-order valence-corrected chi connectivity index (χ3v) is 4.47. The lowest BCUT2D eigenvalue weighted by Crippen LogP contribution is -2.41. The molecule has 126 valence electrons. The number of hydrogen-bond donors (Lipinski definition) is 2. The summed E-state index contributed by atoms with van der Waals surface area (Å²) in [4.78, 5) is 24.0. The molecule has 8 heteroatoms. The lowest BCUT2D eigenvalue weighted by atomic mass is 10.4. The highest BCUT2D eigenvalue weighted by Gasteiger charge is 2.07. The van der Waals surface area contributed by atoms with Crippen molar-refractivity contribution < 1.29 is 14.0 Å². The van der Waals surface area contributed by atoms with Gasteiger partial charge in [0.15, 0.2) is 0 Å². The van der Waals surface area contributed by atoms with Crippen LogP contribution < -0.4 is 10.9 Å². The van der Waals surface area contributed by atoms with Crippen LogP contribution in [0.5, 0.6) is 0 Å². The molecule has 1 aromatic heterocycles. The van der Waals surface area contributed by atoms with Crippen LogP contribution in [0.3, 0.4) is 0 Å². The molecule has 2 rings (SSSR count). The van der Waals surface area contributed by atoms with Crippen LogP contribution in [-0.2, 0) is 9.59 Å². The van der Waals surface area contributed by atoms with Crippen molar-refractivity contribution in [1.29, 1.82) is 0 Å². The molecule has 2 amide bonds. The predicted molar refractivity (Wildman–Crippen MR) is 96.0 cm³/mol. The van der Waals surface area contributed by atoms with Gasteiger partial charge in [-0.1, -0.05) is 23.2 Å². The van der Waals surface area contributed by atoms with Crippen LogP contribution in [0, 0.1) is 6.92 Å². The fourth-order valence-corrected chi connectivity index (χ4v) is 2.93. The zero-order valence-electron chi connectivity index (χ0n) is 12.6. The predicted octanol–water partition coefficient (Wildman–Crippen LogP) is 3.85. The first-order chi connectivity index (χ1) is 11.4. The van der Waals surface area contributed by atoms with E-state index in [1.807, 2.05) is 6.92 Å². The van der Waals surface area contributed by atoms with Crippen LogP contribution in [0.25, 0.3) is 6.08 Å². The van der Waals surface area contributed by atoms with Gasteiger partial charge >= 0.3 is 0 Å². The lowest BCUT2D eigenvalue weighted by Gasteiger charge is -2.06. The van der Waals surface area contributed by atoms with E-state index in [1.54, 1.807) is 30.3 Å². The van der Waals surface area contributed by atoms with Crippen molar-refractivity contribution in [3.05, 3.63) is 58.0 Å². The highest BCUT2D eigenvalue weighted by molar-refractivity contribution is 8.00. The summed E-state index contributed by atoms with van der Waals surface area (Å²) in [6.45, 7) is 1.81.